The van der Waals surface area contributed by atoms with Crippen molar-refractivity contribution in [2.45, 2.75) is 39.5 Å². The molecule has 0 radical (unpaired) electrons. The van der Waals surface area contributed by atoms with Gasteiger partial charge >= 0.3 is 0 Å². The second-order valence-corrected chi connectivity index (χ2v) is 6.64. The molecule has 1 aromatic carbocycles. The Bertz CT molecular complexity index is 674. The molecule has 0 aliphatic heterocycles. The molecule has 0 spiro atoms. The number of hydrogen-bond acceptors (Lipinski definition) is 3. The second-order valence-electron chi connectivity index (χ2n) is 6.64. The number of benzene rings is 1. The van der Waals surface area contributed by atoms with Crippen molar-refractivity contribution in [2.75, 3.05) is 11.9 Å². The zero-order valence-corrected chi connectivity index (χ0v) is 14.3. The minimum atomic E-state index is -0.0906. The lowest BCUT2D eigenvalue weighted by atomic mass is 9.86. The monoisotopic (exact) mass is 311 g/mol. The Morgan fingerprint density at radius 2 is 1.91 bits per heavy atom. The number of rotatable bonds is 5. The third-order valence-electron chi connectivity index (χ3n) is 3.55. The summed E-state index contributed by atoms with van der Waals surface area (Å²) >= 11 is 0. The molecular formula is C19H25N3O. The number of nitrogens with zero attached hydrogens (tertiary/aromatic N) is 1. The fourth-order valence-corrected chi connectivity index (χ4v) is 2.37. The quantitative estimate of drug-likeness (QED) is 0.867. The van der Waals surface area contributed by atoms with Crippen LogP contribution >= 0.6 is 0 Å². The Morgan fingerprint density at radius 1 is 1.17 bits per heavy atom. The molecule has 4 nitrogen and oxygen atoms in total. The molecule has 0 saturated heterocycles. The van der Waals surface area contributed by atoms with Crippen molar-refractivity contribution < 1.29 is 4.79 Å². The van der Waals surface area contributed by atoms with Crippen molar-refractivity contribution >= 4 is 17.3 Å². The van der Waals surface area contributed by atoms with E-state index >= 15 is 0 Å². The largest absolute Gasteiger partial charge is 0.354 e. The number of hydrogen-bond donors (Lipinski definition) is 2. The highest BCUT2D eigenvalue weighted by molar-refractivity contribution is 5.94. The highest BCUT2D eigenvalue weighted by atomic mass is 16.1. The molecule has 23 heavy (non-hydrogen) atoms. The van der Waals surface area contributed by atoms with Crippen molar-refractivity contribution in [2.24, 2.45) is 0 Å². The van der Waals surface area contributed by atoms with Crippen molar-refractivity contribution in [3.05, 3.63) is 53.9 Å². The molecule has 1 amide bonds. The fourth-order valence-electron chi connectivity index (χ4n) is 2.37. The Labute approximate surface area is 138 Å². The summed E-state index contributed by atoms with van der Waals surface area (Å²) in [4.78, 5) is 16.2. The molecule has 0 bridgehead atoms. The van der Waals surface area contributed by atoms with Crippen LogP contribution in [0.4, 0.5) is 11.4 Å². The van der Waals surface area contributed by atoms with Gasteiger partial charge < -0.3 is 10.6 Å². The minimum Gasteiger partial charge on any atom is -0.354 e. The van der Waals surface area contributed by atoms with Gasteiger partial charge in [0, 0.05) is 18.4 Å². The van der Waals surface area contributed by atoms with E-state index in [1.807, 2.05) is 31.2 Å². The summed E-state index contributed by atoms with van der Waals surface area (Å²) in [7, 11) is 0. The molecule has 4 heteroatoms. The van der Waals surface area contributed by atoms with Crippen molar-refractivity contribution in [1.82, 2.24) is 10.3 Å². The third kappa shape index (κ3) is 4.55. The summed E-state index contributed by atoms with van der Waals surface area (Å²) in [6.45, 7) is 9.24. The minimum absolute atomic E-state index is 0.0349. The molecule has 0 atom stereocenters. The summed E-state index contributed by atoms with van der Waals surface area (Å²) < 4.78 is 0. The van der Waals surface area contributed by atoms with E-state index in [9.17, 15) is 4.79 Å². The maximum absolute atomic E-state index is 12.1. The number of carbonyl (C=O) groups is 1. The number of para-hydroxylation sites is 1. The SMILES string of the molecule is CCCNC(=O)c1cncc(Nc2ccccc2C(C)(C)C)c1. The lowest BCUT2D eigenvalue weighted by Gasteiger charge is -2.23. The summed E-state index contributed by atoms with van der Waals surface area (Å²) in [6, 6.07) is 10.0. The van der Waals surface area contributed by atoms with Gasteiger partial charge in [-0.05, 0) is 29.5 Å². The van der Waals surface area contributed by atoms with E-state index in [0.29, 0.717) is 12.1 Å². The number of aromatic nitrogens is 1. The van der Waals surface area contributed by atoms with Crippen molar-refractivity contribution in [3.63, 3.8) is 0 Å². The first kappa shape index (κ1) is 17.0. The predicted octanol–water partition coefficient (Wildman–Crippen LogP) is 4.26. The van der Waals surface area contributed by atoms with Gasteiger partial charge in [-0.2, -0.15) is 0 Å². The number of pyridine rings is 1. The Morgan fingerprint density at radius 3 is 2.61 bits per heavy atom. The van der Waals surface area contributed by atoms with E-state index in [1.54, 1.807) is 12.4 Å². The molecule has 122 valence electrons. The van der Waals surface area contributed by atoms with E-state index in [1.165, 1.54) is 5.56 Å². The fraction of sp³-hybridized carbons (Fsp3) is 0.368. The standard InChI is InChI=1S/C19H25N3O/c1-5-10-21-18(23)14-11-15(13-20-12-14)22-17-9-7-6-8-16(17)19(2,3)4/h6-9,11-13,22H,5,10H2,1-4H3,(H,21,23). The zero-order chi connectivity index (χ0) is 16.9. The topological polar surface area (TPSA) is 54.0 Å². The van der Waals surface area contributed by atoms with Crippen LogP contribution in [0.15, 0.2) is 42.7 Å². The van der Waals surface area contributed by atoms with Gasteiger partial charge in [0.05, 0.1) is 17.4 Å². The lowest BCUT2D eigenvalue weighted by Crippen LogP contribution is -2.24. The molecule has 0 aliphatic rings. The normalized spacial score (nSPS) is 11.1. The summed E-state index contributed by atoms with van der Waals surface area (Å²) in [5, 5.41) is 6.26. The smallest absolute Gasteiger partial charge is 0.252 e. The summed E-state index contributed by atoms with van der Waals surface area (Å²) in [5.41, 5.74) is 3.67. The van der Waals surface area contributed by atoms with Crippen LogP contribution in [0.25, 0.3) is 0 Å². The zero-order valence-electron chi connectivity index (χ0n) is 14.3. The molecule has 0 unspecified atom stereocenters. The van der Waals surface area contributed by atoms with E-state index in [2.05, 4.69) is 42.5 Å². The molecule has 0 fully saturated rings. The van der Waals surface area contributed by atoms with Crippen LogP contribution in [-0.4, -0.2) is 17.4 Å². The van der Waals surface area contributed by atoms with Crippen LogP contribution in [0.3, 0.4) is 0 Å². The van der Waals surface area contributed by atoms with Crippen LogP contribution in [0.2, 0.25) is 0 Å². The highest BCUT2D eigenvalue weighted by Crippen LogP contribution is 2.31. The second kappa shape index (κ2) is 7.27. The molecule has 0 aliphatic carbocycles. The van der Waals surface area contributed by atoms with Gasteiger partial charge in [-0.25, -0.2) is 0 Å². The van der Waals surface area contributed by atoms with Gasteiger partial charge in [-0.15, -0.1) is 0 Å². The van der Waals surface area contributed by atoms with E-state index in [4.69, 9.17) is 0 Å². The van der Waals surface area contributed by atoms with E-state index in [0.717, 1.165) is 17.8 Å². The molecule has 2 aromatic rings. The molecule has 2 rings (SSSR count). The lowest BCUT2D eigenvalue weighted by molar-refractivity contribution is 0.0953. The van der Waals surface area contributed by atoms with Crippen LogP contribution in [0.1, 0.15) is 50.0 Å². The first-order valence-electron chi connectivity index (χ1n) is 8.01. The number of carbonyl (C=O) groups excluding carboxylic acids is 1. The molecule has 2 N–H and O–H groups in total. The summed E-state index contributed by atoms with van der Waals surface area (Å²) in [5.74, 6) is -0.0906. The van der Waals surface area contributed by atoms with Crippen LogP contribution in [0, 0.1) is 0 Å². The first-order chi connectivity index (χ1) is 10.9. The maximum Gasteiger partial charge on any atom is 0.252 e. The van der Waals surface area contributed by atoms with Crippen molar-refractivity contribution in [3.8, 4) is 0 Å². The Balaban J connectivity index is 2.23. The van der Waals surface area contributed by atoms with E-state index in [-0.39, 0.29) is 11.3 Å². The Hall–Kier alpha value is -2.36. The van der Waals surface area contributed by atoms with Gasteiger partial charge in [0.15, 0.2) is 0 Å². The van der Waals surface area contributed by atoms with Gasteiger partial charge in [-0.1, -0.05) is 45.9 Å². The molecule has 1 aromatic heterocycles. The average molecular weight is 311 g/mol. The van der Waals surface area contributed by atoms with Gasteiger partial charge in [-0.3, -0.25) is 9.78 Å². The van der Waals surface area contributed by atoms with E-state index < -0.39 is 0 Å². The van der Waals surface area contributed by atoms with Gasteiger partial charge in [0.1, 0.15) is 0 Å². The maximum atomic E-state index is 12.1. The van der Waals surface area contributed by atoms with Crippen LogP contribution < -0.4 is 10.6 Å². The highest BCUT2D eigenvalue weighted by Gasteiger charge is 2.17. The van der Waals surface area contributed by atoms with Gasteiger partial charge in [0.2, 0.25) is 0 Å². The molecule has 0 saturated carbocycles. The number of amides is 1. The van der Waals surface area contributed by atoms with Crippen LogP contribution in [-0.2, 0) is 5.41 Å². The number of anilines is 2. The molecule has 1 heterocycles. The van der Waals surface area contributed by atoms with Gasteiger partial charge in [0.25, 0.3) is 5.91 Å². The number of nitrogens with one attached hydrogen (secondary N) is 2. The summed E-state index contributed by atoms with van der Waals surface area (Å²) in [6.07, 6.45) is 4.23. The van der Waals surface area contributed by atoms with Crippen molar-refractivity contribution in [1.29, 1.82) is 0 Å². The average Bonchev–Trinajstić information content (AvgIpc) is 2.52. The third-order valence-corrected chi connectivity index (χ3v) is 3.55. The first-order valence-corrected chi connectivity index (χ1v) is 8.01. The predicted molar refractivity (Wildman–Crippen MR) is 95.3 cm³/mol. The molecular weight excluding hydrogens is 286 g/mol. The van der Waals surface area contributed by atoms with Crippen LogP contribution in [0.5, 0.6) is 0 Å². The Kier molecular flexibility index (Phi) is 5.37.